The van der Waals surface area contributed by atoms with Crippen molar-refractivity contribution in [1.29, 1.82) is 5.41 Å². The molecule has 1 aromatic rings. The fraction of sp³-hybridized carbons (Fsp3) is 0.462. The van der Waals surface area contributed by atoms with Crippen LogP contribution in [0.2, 0.25) is 0 Å². The summed E-state index contributed by atoms with van der Waals surface area (Å²) in [6.45, 7) is 5.18. The molecule has 1 aliphatic rings. The van der Waals surface area contributed by atoms with Gasteiger partial charge in [-0.15, -0.1) is 0 Å². The topological polar surface area (TPSA) is 53.1 Å². The SMILES string of the molecule is CC1CC(C)N(c2ccc(C(=N)N)cc2F)C1. The van der Waals surface area contributed by atoms with Crippen LogP contribution in [0, 0.1) is 17.1 Å². The summed E-state index contributed by atoms with van der Waals surface area (Å²) >= 11 is 0. The zero-order chi connectivity index (χ0) is 12.6. The van der Waals surface area contributed by atoms with Gasteiger partial charge in [-0.3, -0.25) is 5.41 Å². The first-order valence-electron chi connectivity index (χ1n) is 5.89. The van der Waals surface area contributed by atoms with Crippen molar-refractivity contribution in [2.24, 2.45) is 11.7 Å². The number of halogens is 1. The van der Waals surface area contributed by atoms with Crippen LogP contribution in [0.5, 0.6) is 0 Å². The number of anilines is 1. The predicted molar refractivity (Wildman–Crippen MR) is 68.0 cm³/mol. The molecule has 0 radical (unpaired) electrons. The number of rotatable bonds is 2. The standard InChI is InChI=1S/C13H18FN3/c1-8-5-9(2)17(7-8)12-4-3-10(13(15)16)6-11(12)14/h3-4,6,8-9H,5,7H2,1-2H3,(H3,15,16). The Morgan fingerprint density at radius 2 is 2.18 bits per heavy atom. The summed E-state index contributed by atoms with van der Waals surface area (Å²) in [6.07, 6.45) is 1.09. The van der Waals surface area contributed by atoms with E-state index in [2.05, 4.69) is 18.7 Å². The number of hydrogen-bond donors (Lipinski definition) is 2. The van der Waals surface area contributed by atoms with Crippen LogP contribution >= 0.6 is 0 Å². The van der Waals surface area contributed by atoms with E-state index in [0.717, 1.165) is 13.0 Å². The average molecular weight is 235 g/mol. The van der Waals surface area contributed by atoms with Crippen molar-refractivity contribution in [3.8, 4) is 0 Å². The maximum atomic E-state index is 14.0. The minimum absolute atomic E-state index is 0.0988. The van der Waals surface area contributed by atoms with Gasteiger partial charge < -0.3 is 10.6 Å². The molecule has 1 saturated heterocycles. The summed E-state index contributed by atoms with van der Waals surface area (Å²) in [4.78, 5) is 2.09. The van der Waals surface area contributed by atoms with E-state index in [1.807, 2.05) is 0 Å². The molecule has 3 nitrogen and oxygen atoms in total. The van der Waals surface area contributed by atoms with Crippen LogP contribution in [0.3, 0.4) is 0 Å². The third-order valence-corrected chi connectivity index (χ3v) is 3.35. The molecular formula is C13H18FN3. The molecule has 92 valence electrons. The van der Waals surface area contributed by atoms with Crippen LogP contribution in [0.15, 0.2) is 18.2 Å². The number of nitrogen functional groups attached to an aromatic ring is 1. The highest BCUT2D eigenvalue weighted by Crippen LogP contribution is 2.30. The molecule has 1 aromatic carbocycles. The Hall–Kier alpha value is -1.58. The van der Waals surface area contributed by atoms with E-state index < -0.39 is 0 Å². The van der Waals surface area contributed by atoms with Crippen LogP contribution in [-0.4, -0.2) is 18.4 Å². The highest BCUT2D eigenvalue weighted by atomic mass is 19.1. The molecule has 2 unspecified atom stereocenters. The first kappa shape index (κ1) is 11.9. The molecule has 2 atom stereocenters. The Bertz CT molecular complexity index is 444. The molecular weight excluding hydrogens is 217 g/mol. The Morgan fingerprint density at radius 1 is 1.47 bits per heavy atom. The first-order chi connectivity index (χ1) is 7.99. The first-order valence-corrected chi connectivity index (χ1v) is 5.89. The molecule has 1 aliphatic heterocycles. The van der Waals surface area contributed by atoms with Crippen molar-refractivity contribution in [3.63, 3.8) is 0 Å². The fourth-order valence-electron chi connectivity index (χ4n) is 2.54. The van der Waals surface area contributed by atoms with Gasteiger partial charge in [0.1, 0.15) is 11.7 Å². The molecule has 0 bridgehead atoms. The maximum absolute atomic E-state index is 14.0. The molecule has 4 heteroatoms. The van der Waals surface area contributed by atoms with Gasteiger partial charge in [0, 0.05) is 18.2 Å². The minimum Gasteiger partial charge on any atom is -0.384 e. The van der Waals surface area contributed by atoms with E-state index in [-0.39, 0.29) is 11.7 Å². The maximum Gasteiger partial charge on any atom is 0.147 e. The number of nitrogens with one attached hydrogen (secondary N) is 1. The second-order valence-corrected chi connectivity index (χ2v) is 4.92. The molecule has 0 spiro atoms. The van der Waals surface area contributed by atoms with E-state index in [1.165, 1.54) is 6.07 Å². The van der Waals surface area contributed by atoms with Gasteiger partial charge in [0.25, 0.3) is 0 Å². The molecule has 17 heavy (non-hydrogen) atoms. The van der Waals surface area contributed by atoms with Crippen LogP contribution in [0.1, 0.15) is 25.8 Å². The summed E-state index contributed by atoms with van der Waals surface area (Å²) in [5.41, 5.74) is 6.39. The third kappa shape index (κ3) is 2.25. The highest BCUT2D eigenvalue weighted by Gasteiger charge is 2.27. The lowest BCUT2D eigenvalue weighted by molar-refractivity contribution is 0.612. The summed E-state index contributed by atoms with van der Waals surface area (Å²) in [7, 11) is 0. The normalized spacial score (nSPS) is 24.1. The molecule has 1 fully saturated rings. The van der Waals surface area contributed by atoms with Gasteiger partial charge >= 0.3 is 0 Å². The van der Waals surface area contributed by atoms with Gasteiger partial charge in [-0.25, -0.2) is 4.39 Å². The van der Waals surface area contributed by atoms with Crippen molar-refractivity contribution in [1.82, 2.24) is 0 Å². The largest absolute Gasteiger partial charge is 0.384 e. The summed E-state index contributed by atoms with van der Waals surface area (Å²) in [5, 5.41) is 7.28. The molecule has 2 rings (SSSR count). The lowest BCUT2D eigenvalue weighted by atomic mass is 10.1. The summed E-state index contributed by atoms with van der Waals surface area (Å²) in [5.74, 6) is 0.203. The van der Waals surface area contributed by atoms with Crippen molar-refractivity contribution >= 4 is 11.5 Å². The molecule has 3 N–H and O–H groups in total. The lowest BCUT2D eigenvalue weighted by Gasteiger charge is -2.24. The summed E-state index contributed by atoms with van der Waals surface area (Å²) in [6, 6.07) is 5.13. The fourth-order valence-corrected chi connectivity index (χ4v) is 2.54. The highest BCUT2D eigenvalue weighted by molar-refractivity contribution is 5.95. The predicted octanol–water partition coefficient (Wildman–Crippen LogP) is 2.34. The molecule has 0 saturated carbocycles. The van der Waals surface area contributed by atoms with Crippen molar-refractivity contribution in [3.05, 3.63) is 29.6 Å². The van der Waals surface area contributed by atoms with Gasteiger partial charge in [0.15, 0.2) is 0 Å². The minimum atomic E-state index is -0.293. The Morgan fingerprint density at radius 3 is 2.65 bits per heavy atom. The lowest BCUT2D eigenvalue weighted by Crippen LogP contribution is -2.27. The second-order valence-electron chi connectivity index (χ2n) is 4.92. The van der Waals surface area contributed by atoms with Crippen molar-refractivity contribution < 1.29 is 4.39 Å². The number of amidine groups is 1. The van der Waals surface area contributed by atoms with Gasteiger partial charge in [0.2, 0.25) is 0 Å². The Labute approximate surface area is 101 Å². The van der Waals surface area contributed by atoms with Crippen LogP contribution in [0.4, 0.5) is 10.1 Å². The van der Waals surface area contributed by atoms with Crippen molar-refractivity contribution in [2.75, 3.05) is 11.4 Å². The van der Waals surface area contributed by atoms with Gasteiger partial charge in [-0.2, -0.15) is 0 Å². The van der Waals surface area contributed by atoms with E-state index in [9.17, 15) is 4.39 Å². The molecule has 0 aliphatic carbocycles. The van der Waals surface area contributed by atoms with E-state index in [4.69, 9.17) is 11.1 Å². The second kappa shape index (κ2) is 4.35. The monoisotopic (exact) mass is 235 g/mol. The van der Waals surface area contributed by atoms with Crippen LogP contribution < -0.4 is 10.6 Å². The summed E-state index contributed by atoms with van der Waals surface area (Å²) < 4.78 is 14.0. The number of benzene rings is 1. The smallest absolute Gasteiger partial charge is 0.147 e. The number of nitrogens with two attached hydrogens (primary N) is 1. The zero-order valence-electron chi connectivity index (χ0n) is 10.2. The van der Waals surface area contributed by atoms with Crippen LogP contribution in [0.25, 0.3) is 0 Å². The number of nitrogens with zero attached hydrogens (tertiary/aromatic N) is 1. The van der Waals surface area contributed by atoms with Crippen molar-refractivity contribution in [2.45, 2.75) is 26.3 Å². The molecule has 1 heterocycles. The van der Waals surface area contributed by atoms with E-state index >= 15 is 0 Å². The number of hydrogen-bond acceptors (Lipinski definition) is 2. The Kier molecular flexibility index (Phi) is 3.05. The third-order valence-electron chi connectivity index (χ3n) is 3.35. The average Bonchev–Trinajstić information content (AvgIpc) is 2.57. The zero-order valence-corrected chi connectivity index (χ0v) is 10.2. The Balaban J connectivity index is 2.31. The molecule has 0 aromatic heterocycles. The van der Waals surface area contributed by atoms with Gasteiger partial charge in [-0.1, -0.05) is 6.92 Å². The van der Waals surface area contributed by atoms with E-state index in [0.29, 0.717) is 23.2 Å². The van der Waals surface area contributed by atoms with Crippen LogP contribution in [-0.2, 0) is 0 Å². The van der Waals surface area contributed by atoms with E-state index in [1.54, 1.807) is 12.1 Å². The van der Waals surface area contributed by atoms with Gasteiger partial charge in [0.05, 0.1) is 5.69 Å². The molecule has 0 amide bonds. The van der Waals surface area contributed by atoms with Gasteiger partial charge in [-0.05, 0) is 37.5 Å². The quantitative estimate of drug-likeness (QED) is 0.610.